The van der Waals surface area contributed by atoms with E-state index in [0.29, 0.717) is 30.0 Å². The number of thioether (sulfide) groups is 1. The van der Waals surface area contributed by atoms with E-state index in [0.717, 1.165) is 11.1 Å². The van der Waals surface area contributed by atoms with Gasteiger partial charge in [-0.25, -0.2) is 0 Å². The molecular formula is C23H26N2O4S. The highest BCUT2D eigenvalue weighted by atomic mass is 32.2. The highest BCUT2D eigenvalue weighted by molar-refractivity contribution is 8.01. The average molecular weight is 427 g/mol. The zero-order chi connectivity index (χ0) is 21.5. The number of nitrogens with zero attached hydrogens (tertiary/aromatic N) is 1. The van der Waals surface area contributed by atoms with Crippen LogP contribution in [-0.4, -0.2) is 48.3 Å². The first-order chi connectivity index (χ1) is 14.4. The summed E-state index contributed by atoms with van der Waals surface area (Å²) in [4.78, 5) is 27.9. The van der Waals surface area contributed by atoms with Crippen LogP contribution < -0.4 is 14.8 Å². The molecule has 0 aliphatic carbocycles. The fourth-order valence-electron chi connectivity index (χ4n) is 4.27. The van der Waals surface area contributed by atoms with Gasteiger partial charge < -0.3 is 19.7 Å². The van der Waals surface area contributed by atoms with Crippen LogP contribution in [0.4, 0.5) is 0 Å². The second-order valence-corrected chi connectivity index (χ2v) is 9.74. The maximum atomic E-state index is 13.2. The Labute approximate surface area is 180 Å². The molecule has 0 radical (unpaired) electrons. The topological polar surface area (TPSA) is 67.9 Å². The fraction of sp³-hybridized carbons (Fsp3) is 0.391. The van der Waals surface area contributed by atoms with Gasteiger partial charge >= 0.3 is 0 Å². The number of hydrogen-bond acceptors (Lipinski definition) is 5. The van der Waals surface area contributed by atoms with Crippen molar-refractivity contribution < 1.29 is 19.1 Å². The molecule has 2 heterocycles. The Bertz CT molecular complexity index is 991. The quantitative estimate of drug-likeness (QED) is 0.767. The normalized spacial score (nSPS) is 21.2. The third-order valence-corrected chi connectivity index (χ3v) is 7.24. The van der Waals surface area contributed by atoms with Crippen molar-refractivity contribution in [1.29, 1.82) is 0 Å². The lowest BCUT2D eigenvalue weighted by atomic mass is 10.0. The molecule has 1 fully saturated rings. The summed E-state index contributed by atoms with van der Waals surface area (Å²) < 4.78 is 10.2. The van der Waals surface area contributed by atoms with Crippen LogP contribution in [0.25, 0.3) is 0 Å². The third kappa shape index (κ3) is 3.41. The Morgan fingerprint density at radius 2 is 1.87 bits per heavy atom. The molecule has 1 N–H and O–H groups in total. The molecule has 1 saturated heterocycles. The van der Waals surface area contributed by atoms with Gasteiger partial charge in [-0.05, 0) is 49.6 Å². The number of carbonyl (C=O) groups excluding carboxylic acids is 2. The maximum Gasteiger partial charge on any atom is 0.256 e. The Hall–Kier alpha value is -2.67. The number of rotatable bonds is 6. The van der Waals surface area contributed by atoms with Gasteiger partial charge in [-0.15, -0.1) is 11.8 Å². The summed E-state index contributed by atoms with van der Waals surface area (Å²) >= 11 is 1.67. The Balaban J connectivity index is 1.45. The number of benzene rings is 2. The first-order valence-corrected chi connectivity index (χ1v) is 10.8. The van der Waals surface area contributed by atoms with Crippen molar-refractivity contribution in [2.75, 3.05) is 20.8 Å². The van der Waals surface area contributed by atoms with Crippen LogP contribution in [0.3, 0.4) is 0 Å². The lowest BCUT2D eigenvalue weighted by Crippen LogP contribution is -2.52. The molecule has 4 rings (SSSR count). The van der Waals surface area contributed by atoms with E-state index in [4.69, 9.17) is 9.47 Å². The highest BCUT2D eigenvalue weighted by Crippen LogP contribution is 2.56. The molecular weight excluding hydrogens is 400 g/mol. The molecule has 158 valence electrons. The molecule has 0 spiro atoms. The molecule has 6 nitrogen and oxygen atoms in total. The van der Waals surface area contributed by atoms with Crippen LogP contribution in [0.1, 0.15) is 40.7 Å². The van der Waals surface area contributed by atoms with Crippen molar-refractivity contribution >= 4 is 23.6 Å². The van der Waals surface area contributed by atoms with Crippen LogP contribution in [0, 0.1) is 0 Å². The zero-order valence-electron chi connectivity index (χ0n) is 17.6. The van der Waals surface area contributed by atoms with Crippen LogP contribution in [0.15, 0.2) is 42.5 Å². The molecule has 2 amide bonds. The van der Waals surface area contributed by atoms with Crippen LogP contribution in [0.5, 0.6) is 11.5 Å². The van der Waals surface area contributed by atoms with Gasteiger partial charge in [-0.1, -0.05) is 24.3 Å². The minimum atomic E-state index is -0.516. The first-order valence-electron chi connectivity index (χ1n) is 9.95. The molecule has 2 aromatic carbocycles. The highest BCUT2D eigenvalue weighted by Gasteiger charge is 2.57. The monoisotopic (exact) mass is 426 g/mol. The van der Waals surface area contributed by atoms with E-state index < -0.39 is 6.04 Å². The molecule has 30 heavy (non-hydrogen) atoms. The van der Waals surface area contributed by atoms with Gasteiger partial charge in [0.05, 0.1) is 14.2 Å². The Morgan fingerprint density at radius 3 is 2.60 bits per heavy atom. The number of fused-ring (bicyclic) bond motifs is 3. The van der Waals surface area contributed by atoms with Crippen molar-refractivity contribution in [3.05, 3.63) is 59.2 Å². The Morgan fingerprint density at radius 1 is 1.13 bits per heavy atom. The summed E-state index contributed by atoms with van der Waals surface area (Å²) in [6.07, 6.45) is 0.657. The SMILES string of the molecule is COc1ccc(CCNC(=O)[C@H]2N3C(=O)c4ccccc4[C@H]3SC2(C)C)cc1OC. The van der Waals surface area contributed by atoms with Gasteiger partial charge in [0.15, 0.2) is 11.5 Å². The number of carbonyl (C=O) groups is 2. The van der Waals surface area contributed by atoms with Crippen molar-refractivity contribution in [2.24, 2.45) is 0 Å². The average Bonchev–Trinajstić information content (AvgIpc) is 3.17. The van der Waals surface area contributed by atoms with E-state index in [2.05, 4.69) is 5.32 Å². The van der Waals surface area contributed by atoms with Gasteiger partial charge in [-0.2, -0.15) is 0 Å². The van der Waals surface area contributed by atoms with E-state index >= 15 is 0 Å². The molecule has 2 aliphatic rings. The van der Waals surface area contributed by atoms with Crippen LogP contribution >= 0.6 is 11.8 Å². The smallest absolute Gasteiger partial charge is 0.256 e. The number of hydrogen-bond donors (Lipinski definition) is 1. The minimum Gasteiger partial charge on any atom is -0.493 e. The summed E-state index contributed by atoms with van der Waals surface area (Å²) in [5.74, 6) is 1.16. The van der Waals surface area contributed by atoms with Crippen LogP contribution in [-0.2, 0) is 11.2 Å². The van der Waals surface area contributed by atoms with Crippen molar-refractivity contribution in [3.63, 3.8) is 0 Å². The van der Waals surface area contributed by atoms with Gasteiger partial charge in [-0.3, -0.25) is 9.59 Å². The van der Waals surface area contributed by atoms with Gasteiger partial charge in [0.25, 0.3) is 5.91 Å². The third-order valence-electron chi connectivity index (χ3n) is 5.71. The van der Waals surface area contributed by atoms with E-state index in [1.165, 1.54) is 0 Å². The van der Waals surface area contributed by atoms with E-state index in [1.807, 2.05) is 56.3 Å². The number of ether oxygens (including phenoxy) is 2. The molecule has 2 atom stereocenters. The molecule has 7 heteroatoms. The fourth-order valence-corrected chi connectivity index (χ4v) is 5.86. The van der Waals surface area contributed by atoms with E-state index in [-0.39, 0.29) is 21.9 Å². The predicted molar refractivity (Wildman–Crippen MR) is 117 cm³/mol. The molecule has 2 aliphatic heterocycles. The lowest BCUT2D eigenvalue weighted by Gasteiger charge is -2.29. The molecule has 0 unspecified atom stereocenters. The molecule has 0 saturated carbocycles. The van der Waals surface area contributed by atoms with Gasteiger partial charge in [0.1, 0.15) is 11.4 Å². The molecule has 0 aromatic heterocycles. The van der Waals surface area contributed by atoms with Gasteiger partial charge in [0.2, 0.25) is 5.91 Å². The number of nitrogens with one attached hydrogen (secondary N) is 1. The van der Waals surface area contributed by atoms with Crippen molar-refractivity contribution in [2.45, 2.75) is 36.4 Å². The summed E-state index contributed by atoms with van der Waals surface area (Å²) in [5, 5.41) is 2.93. The standard InChI is InChI=1S/C23H26N2O4S/c1-23(2)19(25-21(27)15-7-5-6-8-16(15)22(25)30-23)20(26)24-12-11-14-9-10-17(28-3)18(13-14)29-4/h5-10,13,19,22H,11-12H2,1-4H3,(H,24,26)/t19-,22-/m1/s1. The second-order valence-electron chi connectivity index (χ2n) is 8.01. The first kappa shape index (κ1) is 20.6. The van der Waals surface area contributed by atoms with Crippen molar-refractivity contribution in [3.8, 4) is 11.5 Å². The lowest BCUT2D eigenvalue weighted by molar-refractivity contribution is -0.126. The summed E-state index contributed by atoms with van der Waals surface area (Å²) in [6.45, 7) is 4.54. The van der Waals surface area contributed by atoms with Gasteiger partial charge in [0, 0.05) is 16.9 Å². The van der Waals surface area contributed by atoms with E-state index in [9.17, 15) is 9.59 Å². The summed E-state index contributed by atoms with van der Waals surface area (Å²) in [5.41, 5.74) is 2.74. The zero-order valence-corrected chi connectivity index (χ0v) is 18.4. The largest absolute Gasteiger partial charge is 0.493 e. The summed E-state index contributed by atoms with van der Waals surface area (Å²) in [6, 6.07) is 12.9. The summed E-state index contributed by atoms with van der Waals surface area (Å²) in [7, 11) is 3.20. The Kier molecular flexibility index (Phi) is 5.40. The minimum absolute atomic E-state index is 0.0614. The maximum absolute atomic E-state index is 13.2. The number of methoxy groups -OCH3 is 2. The van der Waals surface area contributed by atoms with Crippen molar-refractivity contribution in [1.82, 2.24) is 10.2 Å². The molecule has 2 aromatic rings. The van der Waals surface area contributed by atoms with E-state index in [1.54, 1.807) is 30.9 Å². The second kappa shape index (κ2) is 7.87. The molecule has 0 bridgehead atoms. The van der Waals surface area contributed by atoms with Crippen LogP contribution in [0.2, 0.25) is 0 Å². The predicted octanol–water partition coefficient (Wildman–Crippen LogP) is 3.41. The number of amides is 2.